The van der Waals surface area contributed by atoms with Crippen molar-refractivity contribution in [3.05, 3.63) is 23.5 Å². The number of ether oxygens (including phenoxy) is 2. The molecule has 1 aliphatic carbocycles. The lowest BCUT2D eigenvalue weighted by molar-refractivity contribution is 0.0240. The number of carbonyl (C=O) groups is 2. The molecular formula is C19H27N3O4. The second-order valence-corrected chi connectivity index (χ2v) is 7.86. The summed E-state index contributed by atoms with van der Waals surface area (Å²) in [6, 6.07) is 3.84. The summed E-state index contributed by atoms with van der Waals surface area (Å²) in [5.74, 6) is 0.0301. The van der Waals surface area contributed by atoms with Crippen LogP contribution in [0.15, 0.2) is 12.1 Å². The molecule has 26 heavy (non-hydrogen) atoms. The van der Waals surface area contributed by atoms with Crippen molar-refractivity contribution in [2.45, 2.75) is 45.1 Å². The van der Waals surface area contributed by atoms with Crippen LogP contribution in [0.25, 0.3) is 0 Å². The first-order valence-electron chi connectivity index (χ1n) is 9.10. The van der Waals surface area contributed by atoms with Crippen LogP contribution in [-0.4, -0.2) is 60.8 Å². The molecule has 2 fully saturated rings. The van der Waals surface area contributed by atoms with Gasteiger partial charge in [-0.2, -0.15) is 0 Å². The Bertz CT molecular complexity index is 687. The minimum atomic E-state index is -0.492. The van der Waals surface area contributed by atoms with Crippen molar-refractivity contribution in [1.82, 2.24) is 9.88 Å². The summed E-state index contributed by atoms with van der Waals surface area (Å²) >= 11 is 0. The van der Waals surface area contributed by atoms with E-state index in [1.807, 2.05) is 20.8 Å². The van der Waals surface area contributed by atoms with Crippen LogP contribution in [0.2, 0.25) is 0 Å². The van der Waals surface area contributed by atoms with Crippen molar-refractivity contribution in [1.29, 1.82) is 0 Å². The highest BCUT2D eigenvalue weighted by molar-refractivity contribution is 5.88. The van der Waals surface area contributed by atoms with Gasteiger partial charge in [-0.15, -0.1) is 0 Å². The monoisotopic (exact) mass is 361 g/mol. The molecule has 7 heteroatoms. The number of amides is 1. The van der Waals surface area contributed by atoms with Gasteiger partial charge in [-0.3, -0.25) is 0 Å². The summed E-state index contributed by atoms with van der Waals surface area (Å²) in [6.07, 6.45) is 1.95. The van der Waals surface area contributed by atoms with Gasteiger partial charge in [0.05, 0.1) is 7.11 Å². The number of rotatable bonds is 3. The molecule has 142 valence electrons. The van der Waals surface area contributed by atoms with Crippen LogP contribution in [0, 0.1) is 0 Å². The minimum Gasteiger partial charge on any atom is -0.464 e. The molecule has 0 spiro atoms. The zero-order chi connectivity index (χ0) is 18.9. The molecule has 0 aromatic carbocycles. The van der Waals surface area contributed by atoms with Crippen LogP contribution in [0.4, 0.5) is 10.5 Å². The molecule has 0 bridgehead atoms. The summed E-state index contributed by atoms with van der Waals surface area (Å²) < 4.78 is 10.3. The molecular weight excluding hydrogens is 334 g/mol. The number of methoxy groups -OCH3 is 1. The zero-order valence-electron chi connectivity index (χ0n) is 15.9. The van der Waals surface area contributed by atoms with E-state index in [0.29, 0.717) is 37.8 Å². The Labute approximate surface area is 154 Å². The number of carbonyl (C=O) groups excluding carboxylic acids is 2. The van der Waals surface area contributed by atoms with E-state index in [1.54, 1.807) is 11.0 Å². The van der Waals surface area contributed by atoms with E-state index < -0.39 is 11.6 Å². The van der Waals surface area contributed by atoms with Crippen molar-refractivity contribution in [2.24, 2.45) is 0 Å². The lowest BCUT2D eigenvalue weighted by Crippen LogP contribution is -2.50. The van der Waals surface area contributed by atoms with E-state index in [2.05, 4.69) is 16.0 Å². The number of aromatic nitrogens is 1. The third-order valence-electron chi connectivity index (χ3n) is 4.52. The van der Waals surface area contributed by atoms with E-state index in [1.165, 1.54) is 7.11 Å². The number of nitrogens with zero attached hydrogens (tertiary/aromatic N) is 3. The topological polar surface area (TPSA) is 72.0 Å². The van der Waals surface area contributed by atoms with Gasteiger partial charge in [-0.1, -0.05) is 0 Å². The summed E-state index contributed by atoms with van der Waals surface area (Å²) in [5, 5.41) is 0. The molecule has 0 radical (unpaired) electrons. The smallest absolute Gasteiger partial charge is 0.410 e. The fourth-order valence-corrected chi connectivity index (χ4v) is 2.99. The fourth-order valence-electron chi connectivity index (χ4n) is 2.99. The molecule has 1 amide bonds. The number of hydrogen-bond acceptors (Lipinski definition) is 6. The van der Waals surface area contributed by atoms with Crippen LogP contribution >= 0.6 is 0 Å². The Hall–Kier alpha value is -2.31. The van der Waals surface area contributed by atoms with Crippen LogP contribution < -0.4 is 4.90 Å². The predicted molar refractivity (Wildman–Crippen MR) is 97.6 cm³/mol. The summed E-state index contributed by atoms with van der Waals surface area (Å²) in [7, 11) is 1.37. The van der Waals surface area contributed by atoms with Gasteiger partial charge in [0.2, 0.25) is 0 Å². The quantitative estimate of drug-likeness (QED) is 0.771. The number of anilines is 1. The highest BCUT2D eigenvalue weighted by atomic mass is 16.6. The van der Waals surface area contributed by atoms with Crippen molar-refractivity contribution in [2.75, 3.05) is 38.2 Å². The molecule has 7 nitrogen and oxygen atoms in total. The maximum atomic E-state index is 12.2. The van der Waals surface area contributed by atoms with Crippen LogP contribution in [0.5, 0.6) is 0 Å². The van der Waals surface area contributed by atoms with Crippen molar-refractivity contribution >= 4 is 17.7 Å². The second kappa shape index (κ2) is 7.13. The maximum Gasteiger partial charge on any atom is 0.410 e. The average molecular weight is 361 g/mol. The molecule has 1 aliphatic heterocycles. The highest BCUT2D eigenvalue weighted by Gasteiger charge is 2.29. The lowest BCUT2D eigenvalue weighted by Gasteiger charge is -2.37. The molecule has 1 saturated carbocycles. The molecule has 3 rings (SSSR count). The number of esters is 1. The minimum absolute atomic E-state index is 0.277. The number of piperazine rings is 1. The van der Waals surface area contributed by atoms with E-state index in [9.17, 15) is 9.59 Å². The largest absolute Gasteiger partial charge is 0.464 e. The van der Waals surface area contributed by atoms with E-state index in [4.69, 9.17) is 9.47 Å². The van der Waals surface area contributed by atoms with E-state index >= 15 is 0 Å². The van der Waals surface area contributed by atoms with E-state index in [-0.39, 0.29) is 6.09 Å². The first-order valence-corrected chi connectivity index (χ1v) is 9.10. The first-order chi connectivity index (χ1) is 12.3. The number of hydrogen-bond donors (Lipinski definition) is 0. The molecule has 2 aliphatic rings. The first kappa shape index (κ1) is 18.5. The molecule has 1 aromatic heterocycles. The summed E-state index contributed by atoms with van der Waals surface area (Å²) in [6.45, 7) is 8.15. The van der Waals surface area contributed by atoms with Crippen LogP contribution in [0.3, 0.4) is 0 Å². The Morgan fingerprint density at radius 2 is 1.77 bits per heavy atom. The molecule has 2 heterocycles. The SMILES string of the molecule is COC(=O)c1cc(N2CCN(C(=O)OC(C)(C)C)CC2)cc(C2CC2)n1. The highest BCUT2D eigenvalue weighted by Crippen LogP contribution is 2.40. The van der Waals surface area contributed by atoms with Crippen LogP contribution in [0.1, 0.15) is 55.7 Å². The van der Waals surface area contributed by atoms with Gasteiger partial charge in [0, 0.05) is 43.5 Å². The van der Waals surface area contributed by atoms with Crippen molar-refractivity contribution in [3.63, 3.8) is 0 Å². The zero-order valence-corrected chi connectivity index (χ0v) is 15.9. The second-order valence-electron chi connectivity index (χ2n) is 7.86. The van der Waals surface area contributed by atoms with Gasteiger partial charge >= 0.3 is 12.1 Å². The summed E-state index contributed by atoms with van der Waals surface area (Å²) in [5.41, 5.74) is 1.78. The third-order valence-corrected chi connectivity index (χ3v) is 4.52. The lowest BCUT2D eigenvalue weighted by atomic mass is 10.1. The molecule has 0 atom stereocenters. The summed E-state index contributed by atoms with van der Waals surface area (Å²) in [4.78, 5) is 32.5. The van der Waals surface area contributed by atoms with Gasteiger partial charge in [-0.05, 0) is 45.7 Å². The standard InChI is InChI=1S/C19H27N3O4/c1-19(2,3)26-18(24)22-9-7-21(8-10-22)14-11-15(13-5-6-13)20-16(12-14)17(23)25-4/h11-13H,5-10H2,1-4H3. The third kappa shape index (κ3) is 4.45. The fraction of sp³-hybridized carbons (Fsp3) is 0.632. The van der Waals surface area contributed by atoms with Crippen molar-refractivity contribution in [3.8, 4) is 0 Å². The van der Waals surface area contributed by atoms with Gasteiger partial charge < -0.3 is 19.3 Å². The molecule has 1 aromatic rings. The molecule has 1 saturated heterocycles. The number of pyridine rings is 1. The predicted octanol–water partition coefficient (Wildman–Crippen LogP) is 2.80. The van der Waals surface area contributed by atoms with Crippen LogP contribution in [-0.2, 0) is 9.47 Å². The Morgan fingerprint density at radius 3 is 2.31 bits per heavy atom. The Balaban J connectivity index is 1.70. The maximum absolute atomic E-state index is 12.2. The normalized spacial score (nSPS) is 17.8. The molecule has 0 N–H and O–H groups in total. The van der Waals surface area contributed by atoms with Gasteiger partial charge in [0.15, 0.2) is 5.69 Å². The van der Waals surface area contributed by atoms with Gasteiger partial charge in [0.25, 0.3) is 0 Å². The van der Waals surface area contributed by atoms with Gasteiger partial charge in [0.1, 0.15) is 5.60 Å². The Kier molecular flexibility index (Phi) is 5.07. The van der Waals surface area contributed by atoms with E-state index in [0.717, 1.165) is 24.2 Å². The molecule has 0 unspecified atom stereocenters. The van der Waals surface area contributed by atoms with Gasteiger partial charge in [-0.25, -0.2) is 14.6 Å². The Morgan fingerprint density at radius 1 is 1.12 bits per heavy atom. The van der Waals surface area contributed by atoms with Crippen molar-refractivity contribution < 1.29 is 19.1 Å². The average Bonchev–Trinajstić information content (AvgIpc) is 3.44.